The molecule has 2 rings (SSSR count). The molecular weight excluding hydrogens is 246 g/mol. The standard InChI is InChI=1S/C14H19NO4/c1-18-11-5-6-12(13(8-11)19-2)14(17)15-7-3-4-10(15)9-16/h5-6,8,10,16H,3-4,7,9H2,1-2H3/t10-/m1/s1. The lowest BCUT2D eigenvalue weighted by atomic mass is 10.1. The molecule has 5 nitrogen and oxygen atoms in total. The fraction of sp³-hybridized carbons (Fsp3) is 0.500. The lowest BCUT2D eigenvalue weighted by Crippen LogP contribution is -2.37. The molecule has 5 heteroatoms. The fourth-order valence-electron chi connectivity index (χ4n) is 2.42. The Morgan fingerprint density at radius 2 is 2.21 bits per heavy atom. The maximum atomic E-state index is 12.5. The van der Waals surface area contributed by atoms with Gasteiger partial charge in [-0.15, -0.1) is 0 Å². The zero-order valence-corrected chi connectivity index (χ0v) is 11.3. The Bertz CT molecular complexity index is 461. The van der Waals surface area contributed by atoms with E-state index in [2.05, 4.69) is 0 Å². The number of amides is 1. The average Bonchev–Trinajstić information content (AvgIpc) is 2.94. The molecule has 1 atom stereocenters. The van der Waals surface area contributed by atoms with E-state index in [0.29, 0.717) is 23.6 Å². The van der Waals surface area contributed by atoms with E-state index in [0.717, 1.165) is 12.8 Å². The van der Waals surface area contributed by atoms with Crippen molar-refractivity contribution in [1.29, 1.82) is 0 Å². The maximum absolute atomic E-state index is 12.5. The van der Waals surface area contributed by atoms with Crippen molar-refractivity contribution in [3.05, 3.63) is 23.8 Å². The van der Waals surface area contributed by atoms with Crippen LogP contribution in [0.1, 0.15) is 23.2 Å². The number of nitrogens with zero attached hydrogens (tertiary/aromatic N) is 1. The lowest BCUT2D eigenvalue weighted by Gasteiger charge is -2.24. The number of likely N-dealkylation sites (tertiary alicyclic amines) is 1. The van der Waals surface area contributed by atoms with Crippen molar-refractivity contribution in [3.8, 4) is 11.5 Å². The highest BCUT2D eigenvalue weighted by atomic mass is 16.5. The maximum Gasteiger partial charge on any atom is 0.257 e. The Kier molecular flexibility index (Phi) is 4.27. The van der Waals surface area contributed by atoms with Gasteiger partial charge in [-0.25, -0.2) is 0 Å². The monoisotopic (exact) mass is 265 g/mol. The normalized spacial score (nSPS) is 18.5. The molecule has 0 aliphatic carbocycles. The molecule has 1 fully saturated rings. The molecule has 0 aromatic heterocycles. The summed E-state index contributed by atoms with van der Waals surface area (Å²) in [5.41, 5.74) is 0.503. The summed E-state index contributed by atoms with van der Waals surface area (Å²) in [6, 6.07) is 5.04. The molecule has 1 aromatic carbocycles. The number of ether oxygens (including phenoxy) is 2. The Labute approximate surface area is 112 Å². The molecule has 0 saturated carbocycles. The zero-order valence-electron chi connectivity index (χ0n) is 11.3. The van der Waals surface area contributed by atoms with Crippen LogP contribution in [0.15, 0.2) is 18.2 Å². The summed E-state index contributed by atoms with van der Waals surface area (Å²) in [5, 5.41) is 9.30. The Morgan fingerprint density at radius 1 is 1.42 bits per heavy atom. The van der Waals surface area contributed by atoms with Crippen LogP contribution in [0.3, 0.4) is 0 Å². The number of hydrogen-bond donors (Lipinski definition) is 1. The first-order chi connectivity index (χ1) is 9.21. The molecule has 1 heterocycles. The van der Waals surface area contributed by atoms with Gasteiger partial charge in [-0.1, -0.05) is 0 Å². The molecule has 1 aliphatic rings. The summed E-state index contributed by atoms with van der Waals surface area (Å²) in [4.78, 5) is 14.2. The highest BCUT2D eigenvalue weighted by Gasteiger charge is 2.30. The molecule has 0 bridgehead atoms. The molecular formula is C14H19NO4. The van der Waals surface area contributed by atoms with Gasteiger partial charge < -0.3 is 19.5 Å². The Hall–Kier alpha value is -1.75. The molecule has 1 aromatic rings. The van der Waals surface area contributed by atoms with Crippen LogP contribution in [0.4, 0.5) is 0 Å². The first-order valence-corrected chi connectivity index (χ1v) is 6.35. The number of carbonyl (C=O) groups excluding carboxylic acids is 1. The van der Waals surface area contributed by atoms with Gasteiger partial charge in [0, 0.05) is 12.6 Å². The first-order valence-electron chi connectivity index (χ1n) is 6.35. The van der Waals surface area contributed by atoms with Crippen LogP contribution in [0.5, 0.6) is 11.5 Å². The molecule has 1 aliphatic heterocycles. The van der Waals surface area contributed by atoms with E-state index in [1.54, 1.807) is 30.2 Å². The van der Waals surface area contributed by atoms with E-state index in [1.807, 2.05) is 0 Å². The Morgan fingerprint density at radius 3 is 2.84 bits per heavy atom. The number of aliphatic hydroxyl groups is 1. The van der Waals surface area contributed by atoms with E-state index in [1.165, 1.54) is 7.11 Å². The summed E-state index contributed by atoms with van der Waals surface area (Å²) in [6.45, 7) is 0.684. The number of hydrogen-bond acceptors (Lipinski definition) is 4. The minimum atomic E-state index is -0.101. The van der Waals surface area contributed by atoms with Crippen LogP contribution in [0.2, 0.25) is 0 Å². The summed E-state index contributed by atoms with van der Waals surface area (Å²) < 4.78 is 10.4. The number of carbonyl (C=O) groups is 1. The zero-order chi connectivity index (χ0) is 13.8. The van der Waals surface area contributed by atoms with E-state index in [-0.39, 0.29) is 18.6 Å². The van der Waals surface area contributed by atoms with Crippen molar-refractivity contribution in [3.63, 3.8) is 0 Å². The number of aliphatic hydroxyl groups excluding tert-OH is 1. The highest BCUT2D eigenvalue weighted by Crippen LogP contribution is 2.28. The molecule has 104 valence electrons. The second kappa shape index (κ2) is 5.93. The molecule has 1 N–H and O–H groups in total. The van der Waals surface area contributed by atoms with Gasteiger partial charge in [0.1, 0.15) is 11.5 Å². The summed E-state index contributed by atoms with van der Waals surface area (Å²) >= 11 is 0. The van der Waals surface area contributed by atoms with Gasteiger partial charge in [0.25, 0.3) is 5.91 Å². The van der Waals surface area contributed by atoms with Crippen molar-refractivity contribution in [2.75, 3.05) is 27.4 Å². The summed E-state index contributed by atoms with van der Waals surface area (Å²) in [5.74, 6) is 1.04. The first kappa shape index (κ1) is 13.7. The van der Waals surface area contributed by atoms with Crippen molar-refractivity contribution < 1.29 is 19.4 Å². The van der Waals surface area contributed by atoms with Crippen LogP contribution in [0, 0.1) is 0 Å². The lowest BCUT2D eigenvalue weighted by molar-refractivity contribution is 0.0674. The largest absolute Gasteiger partial charge is 0.497 e. The fourth-order valence-corrected chi connectivity index (χ4v) is 2.42. The van der Waals surface area contributed by atoms with Crippen LogP contribution in [-0.2, 0) is 0 Å². The second-order valence-corrected chi connectivity index (χ2v) is 4.54. The summed E-state index contributed by atoms with van der Waals surface area (Å²) in [6.07, 6.45) is 1.77. The van der Waals surface area contributed by atoms with Gasteiger partial charge in [0.15, 0.2) is 0 Å². The number of methoxy groups -OCH3 is 2. The SMILES string of the molecule is COc1ccc(C(=O)N2CCC[C@@H]2CO)c(OC)c1. The third-order valence-corrected chi connectivity index (χ3v) is 3.49. The van der Waals surface area contributed by atoms with Crippen molar-refractivity contribution in [1.82, 2.24) is 4.90 Å². The minimum absolute atomic E-state index is 0.00418. The van der Waals surface area contributed by atoms with Gasteiger partial charge in [0.2, 0.25) is 0 Å². The van der Waals surface area contributed by atoms with Gasteiger partial charge in [0.05, 0.1) is 32.4 Å². The van der Waals surface area contributed by atoms with Crippen LogP contribution < -0.4 is 9.47 Å². The van der Waals surface area contributed by atoms with Crippen molar-refractivity contribution in [2.45, 2.75) is 18.9 Å². The third kappa shape index (κ3) is 2.66. The van der Waals surface area contributed by atoms with Gasteiger partial charge in [-0.2, -0.15) is 0 Å². The van der Waals surface area contributed by atoms with E-state index in [4.69, 9.17) is 9.47 Å². The number of benzene rings is 1. The van der Waals surface area contributed by atoms with Gasteiger partial charge in [-0.05, 0) is 25.0 Å². The van der Waals surface area contributed by atoms with Gasteiger partial charge >= 0.3 is 0 Å². The van der Waals surface area contributed by atoms with Crippen LogP contribution in [-0.4, -0.2) is 49.3 Å². The molecule has 1 amide bonds. The quantitative estimate of drug-likeness (QED) is 0.891. The highest BCUT2D eigenvalue weighted by molar-refractivity contribution is 5.97. The average molecular weight is 265 g/mol. The number of rotatable bonds is 4. The Balaban J connectivity index is 2.28. The predicted octanol–water partition coefficient (Wildman–Crippen LogP) is 1.30. The van der Waals surface area contributed by atoms with Crippen LogP contribution in [0.25, 0.3) is 0 Å². The second-order valence-electron chi connectivity index (χ2n) is 4.54. The third-order valence-electron chi connectivity index (χ3n) is 3.49. The topological polar surface area (TPSA) is 59.0 Å². The van der Waals surface area contributed by atoms with E-state index < -0.39 is 0 Å². The summed E-state index contributed by atoms with van der Waals surface area (Å²) in [7, 11) is 3.09. The van der Waals surface area contributed by atoms with E-state index >= 15 is 0 Å². The van der Waals surface area contributed by atoms with Crippen molar-refractivity contribution >= 4 is 5.91 Å². The predicted molar refractivity (Wildman–Crippen MR) is 70.7 cm³/mol. The van der Waals surface area contributed by atoms with E-state index in [9.17, 15) is 9.90 Å². The minimum Gasteiger partial charge on any atom is -0.497 e. The molecule has 19 heavy (non-hydrogen) atoms. The smallest absolute Gasteiger partial charge is 0.257 e. The van der Waals surface area contributed by atoms with Crippen molar-refractivity contribution in [2.24, 2.45) is 0 Å². The molecule has 0 spiro atoms. The van der Waals surface area contributed by atoms with Gasteiger partial charge in [-0.3, -0.25) is 4.79 Å². The molecule has 0 radical (unpaired) electrons. The molecule has 0 unspecified atom stereocenters. The van der Waals surface area contributed by atoms with Crippen LogP contribution >= 0.6 is 0 Å². The molecule has 1 saturated heterocycles.